The van der Waals surface area contributed by atoms with Crippen LogP contribution in [-0.4, -0.2) is 6.67 Å². The fraction of sp³-hybridized carbons (Fsp3) is 0.0400. The van der Waals surface area contributed by atoms with E-state index in [1.165, 1.54) is 33.9 Å². The Hall–Kier alpha value is -3.52. The summed E-state index contributed by atoms with van der Waals surface area (Å²) >= 11 is 0. The predicted molar refractivity (Wildman–Crippen MR) is 114 cm³/mol. The minimum absolute atomic E-state index is 0.752. The molecular formula is C25H20N2. The fourth-order valence-corrected chi connectivity index (χ4v) is 3.82. The molecule has 0 unspecified atom stereocenters. The summed E-state index contributed by atoms with van der Waals surface area (Å²) in [5, 5.41) is 0. The summed E-state index contributed by atoms with van der Waals surface area (Å²) in [6, 6.07) is 38.6. The van der Waals surface area contributed by atoms with Crippen LogP contribution >= 0.6 is 0 Å². The lowest BCUT2D eigenvalue weighted by atomic mass is 10.0. The van der Waals surface area contributed by atoms with Gasteiger partial charge in [0.25, 0.3) is 0 Å². The zero-order valence-electron chi connectivity index (χ0n) is 15.0. The lowest BCUT2D eigenvalue weighted by Crippen LogP contribution is -2.31. The summed E-state index contributed by atoms with van der Waals surface area (Å²) in [6.45, 7) is 0.752. The van der Waals surface area contributed by atoms with Gasteiger partial charge in [0, 0.05) is 22.5 Å². The Balaban J connectivity index is 1.77. The summed E-state index contributed by atoms with van der Waals surface area (Å²) < 4.78 is 0. The second kappa shape index (κ2) is 6.65. The Kier molecular flexibility index (Phi) is 3.87. The van der Waals surface area contributed by atoms with Crippen LogP contribution in [0.2, 0.25) is 0 Å². The average molecular weight is 348 g/mol. The summed E-state index contributed by atoms with van der Waals surface area (Å²) in [4.78, 5) is 4.78. The van der Waals surface area contributed by atoms with Gasteiger partial charge in [-0.15, -0.1) is 0 Å². The van der Waals surface area contributed by atoms with Crippen molar-refractivity contribution in [1.82, 2.24) is 0 Å². The van der Waals surface area contributed by atoms with Crippen molar-refractivity contribution < 1.29 is 0 Å². The molecule has 0 aromatic heterocycles. The molecule has 0 amide bonds. The molecular weight excluding hydrogens is 328 g/mol. The van der Waals surface area contributed by atoms with Gasteiger partial charge in [0.2, 0.25) is 0 Å². The van der Waals surface area contributed by atoms with E-state index in [4.69, 9.17) is 0 Å². The molecule has 0 atom stereocenters. The maximum Gasteiger partial charge on any atom is 0.1000 e. The van der Waals surface area contributed by atoms with E-state index in [1.807, 2.05) is 0 Å². The average Bonchev–Trinajstić information content (AvgIpc) is 2.90. The highest BCUT2D eigenvalue weighted by Gasteiger charge is 2.25. The van der Waals surface area contributed by atoms with Crippen molar-refractivity contribution in [2.75, 3.05) is 16.5 Å². The van der Waals surface area contributed by atoms with Crippen molar-refractivity contribution in [3.8, 4) is 11.1 Å². The summed E-state index contributed by atoms with van der Waals surface area (Å²) in [5.41, 5.74) is 7.37. The van der Waals surface area contributed by atoms with Gasteiger partial charge in [-0.05, 0) is 36.4 Å². The number of nitrogens with zero attached hydrogens (tertiary/aromatic N) is 2. The van der Waals surface area contributed by atoms with Crippen LogP contribution in [-0.2, 0) is 0 Å². The van der Waals surface area contributed by atoms with Gasteiger partial charge in [0.05, 0.1) is 18.0 Å². The molecule has 0 N–H and O–H groups in total. The maximum absolute atomic E-state index is 2.39. The number of hydrogen-bond donors (Lipinski definition) is 0. The molecule has 0 spiro atoms. The van der Waals surface area contributed by atoms with Crippen LogP contribution in [0.5, 0.6) is 0 Å². The van der Waals surface area contributed by atoms with Gasteiger partial charge < -0.3 is 9.80 Å². The van der Waals surface area contributed by atoms with Gasteiger partial charge in [0.1, 0.15) is 0 Å². The fourth-order valence-electron chi connectivity index (χ4n) is 3.82. The van der Waals surface area contributed by atoms with Crippen LogP contribution in [0.25, 0.3) is 11.1 Å². The first-order valence-electron chi connectivity index (χ1n) is 9.25. The highest BCUT2D eigenvalue weighted by Crippen LogP contribution is 2.44. The molecule has 1 aliphatic heterocycles. The van der Waals surface area contributed by atoms with Crippen LogP contribution in [0, 0.1) is 0 Å². The standard InChI is InChI=1S/C25H20N2/c1-3-11-20(12-4-1)26-19-27(21-13-5-2-6-14-21)25-18-10-8-16-23(25)22-15-7-9-17-24(22)26/h1-18H,19H2. The van der Waals surface area contributed by atoms with Crippen molar-refractivity contribution in [3.05, 3.63) is 109 Å². The summed E-state index contributed by atoms with van der Waals surface area (Å²) in [6.07, 6.45) is 0. The van der Waals surface area contributed by atoms with E-state index in [1.54, 1.807) is 0 Å². The van der Waals surface area contributed by atoms with Gasteiger partial charge in [-0.25, -0.2) is 0 Å². The van der Waals surface area contributed by atoms with Crippen LogP contribution in [0.1, 0.15) is 0 Å². The van der Waals surface area contributed by atoms with Gasteiger partial charge in [-0.3, -0.25) is 0 Å². The summed E-state index contributed by atoms with van der Waals surface area (Å²) in [7, 11) is 0. The molecule has 2 nitrogen and oxygen atoms in total. The molecule has 1 aliphatic rings. The monoisotopic (exact) mass is 348 g/mol. The number of anilines is 4. The molecule has 27 heavy (non-hydrogen) atoms. The third-order valence-corrected chi connectivity index (χ3v) is 5.10. The lowest BCUT2D eigenvalue weighted by molar-refractivity contribution is 0.936. The van der Waals surface area contributed by atoms with Crippen molar-refractivity contribution in [2.45, 2.75) is 0 Å². The minimum atomic E-state index is 0.752. The van der Waals surface area contributed by atoms with Crippen molar-refractivity contribution in [3.63, 3.8) is 0 Å². The number of fused-ring (bicyclic) bond motifs is 3. The molecule has 0 bridgehead atoms. The first-order valence-corrected chi connectivity index (χ1v) is 9.25. The first-order chi connectivity index (χ1) is 13.4. The molecule has 0 aliphatic carbocycles. The summed E-state index contributed by atoms with van der Waals surface area (Å²) in [5.74, 6) is 0. The second-order valence-electron chi connectivity index (χ2n) is 6.70. The Morgan fingerprint density at radius 1 is 0.407 bits per heavy atom. The Morgan fingerprint density at radius 3 is 1.22 bits per heavy atom. The van der Waals surface area contributed by atoms with Gasteiger partial charge >= 0.3 is 0 Å². The van der Waals surface area contributed by atoms with Crippen LogP contribution in [0.4, 0.5) is 22.7 Å². The van der Waals surface area contributed by atoms with Gasteiger partial charge in [-0.2, -0.15) is 0 Å². The lowest BCUT2D eigenvalue weighted by Gasteiger charge is -2.32. The Labute approximate surface area is 159 Å². The quantitative estimate of drug-likeness (QED) is 0.402. The molecule has 0 radical (unpaired) electrons. The third-order valence-electron chi connectivity index (χ3n) is 5.10. The van der Waals surface area contributed by atoms with E-state index in [0.717, 1.165) is 6.67 Å². The van der Waals surface area contributed by atoms with Gasteiger partial charge in [0.15, 0.2) is 0 Å². The van der Waals surface area contributed by atoms with Crippen molar-refractivity contribution in [2.24, 2.45) is 0 Å². The molecule has 130 valence electrons. The predicted octanol–water partition coefficient (Wildman–Crippen LogP) is 6.60. The smallest absolute Gasteiger partial charge is 0.1000 e. The highest BCUT2D eigenvalue weighted by atomic mass is 15.3. The van der Waals surface area contributed by atoms with Crippen LogP contribution in [0.3, 0.4) is 0 Å². The largest absolute Gasteiger partial charge is 0.322 e. The normalized spacial score (nSPS) is 12.9. The van der Waals surface area contributed by atoms with Gasteiger partial charge in [-0.1, -0.05) is 72.8 Å². The zero-order valence-corrected chi connectivity index (χ0v) is 15.0. The number of hydrogen-bond acceptors (Lipinski definition) is 2. The molecule has 0 saturated carbocycles. The molecule has 0 fully saturated rings. The van der Waals surface area contributed by atoms with Crippen molar-refractivity contribution >= 4 is 22.7 Å². The number of rotatable bonds is 2. The van der Waals surface area contributed by atoms with E-state index in [2.05, 4.69) is 119 Å². The number of para-hydroxylation sites is 4. The van der Waals surface area contributed by atoms with E-state index in [0.29, 0.717) is 0 Å². The topological polar surface area (TPSA) is 6.48 Å². The number of benzene rings is 4. The third kappa shape index (κ3) is 2.76. The zero-order chi connectivity index (χ0) is 18.1. The van der Waals surface area contributed by atoms with E-state index in [-0.39, 0.29) is 0 Å². The van der Waals surface area contributed by atoms with E-state index >= 15 is 0 Å². The molecule has 4 aromatic carbocycles. The molecule has 4 aromatic rings. The molecule has 1 heterocycles. The molecule has 0 saturated heterocycles. The second-order valence-corrected chi connectivity index (χ2v) is 6.70. The highest BCUT2D eigenvalue weighted by molar-refractivity contribution is 5.93. The minimum Gasteiger partial charge on any atom is -0.322 e. The van der Waals surface area contributed by atoms with Crippen LogP contribution in [0.15, 0.2) is 109 Å². The molecule has 5 rings (SSSR count). The SMILES string of the molecule is c1ccc(N2CN(c3ccccc3)c3ccccc3-c3ccccc32)cc1. The van der Waals surface area contributed by atoms with Crippen molar-refractivity contribution in [1.29, 1.82) is 0 Å². The van der Waals surface area contributed by atoms with E-state index < -0.39 is 0 Å². The maximum atomic E-state index is 2.39. The van der Waals surface area contributed by atoms with E-state index in [9.17, 15) is 0 Å². The Morgan fingerprint density at radius 2 is 0.778 bits per heavy atom. The Bertz CT molecular complexity index is 971. The first kappa shape index (κ1) is 15.7. The van der Waals surface area contributed by atoms with Crippen LogP contribution < -0.4 is 9.80 Å². The molecule has 2 heteroatoms.